The molecule has 5 nitrogen and oxygen atoms in total. The predicted octanol–water partition coefficient (Wildman–Crippen LogP) is 2.94. The third-order valence-electron chi connectivity index (χ3n) is 3.04. The van der Waals surface area contributed by atoms with Crippen LogP contribution in [-0.4, -0.2) is 20.2 Å². The second kappa shape index (κ2) is 5.22. The molecule has 19 heavy (non-hydrogen) atoms. The van der Waals surface area contributed by atoms with E-state index in [1.807, 2.05) is 17.7 Å². The van der Waals surface area contributed by atoms with E-state index in [1.165, 1.54) is 12.8 Å². The van der Waals surface area contributed by atoms with Crippen LogP contribution in [0, 0.1) is 0 Å². The van der Waals surface area contributed by atoms with Gasteiger partial charge in [-0.2, -0.15) is 0 Å². The minimum absolute atomic E-state index is 0.0344. The molecule has 0 spiro atoms. The molecule has 1 fully saturated rings. The highest BCUT2D eigenvalue weighted by atomic mass is 79.9. The summed E-state index contributed by atoms with van der Waals surface area (Å²) in [5.41, 5.74) is 6.99. The molecule has 2 N–H and O–H groups in total. The van der Waals surface area contributed by atoms with Gasteiger partial charge >= 0.3 is 0 Å². The molecule has 7 heteroatoms. The second-order valence-electron chi connectivity index (χ2n) is 4.72. The number of hydrogen-bond donors (Lipinski definition) is 1. The van der Waals surface area contributed by atoms with Gasteiger partial charge in [-0.1, -0.05) is 6.07 Å². The number of rotatable bonds is 4. The first-order valence-electron chi connectivity index (χ1n) is 6.16. The minimum atomic E-state index is 0.0344. The second-order valence-corrected chi connectivity index (χ2v) is 6.58. The molecule has 3 rings (SSSR count). The lowest BCUT2D eigenvalue weighted by Gasteiger charge is -2.09. The van der Waals surface area contributed by atoms with Crippen molar-refractivity contribution in [3.8, 4) is 0 Å². The highest BCUT2D eigenvalue weighted by Crippen LogP contribution is 2.39. The normalized spacial score (nSPS) is 16.6. The number of benzene rings is 1. The van der Waals surface area contributed by atoms with Crippen molar-refractivity contribution >= 4 is 27.7 Å². The Hall–Kier alpha value is -0.920. The molecule has 0 amide bonds. The van der Waals surface area contributed by atoms with Crippen LogP contribution in [0.2, 0.25) is 0 Å². The topological polar surface area (TPSA) is 69.6 Å². The fourth-order valence-corrected chi connectivity index (χ4v) is 3.27. The fraction of sp³-hybridized carbons (Fsp3) is 0.417. The molecule has 2 aromatic rings. The van der Waals surface area contributed by atoms with Crippen molar-refractivity contribution in [3.63, 3.8) is 0 Å². The molecular weight excluding hydrogens is 326 g/mol. The van der Waals surface area contributed by atoms with E-state index in [1.54, 1.807) is 11.8 Å². The third kappa shape index (κ3) is 2.82. The van der Waals surface area contributed by atoms with Gasteiger partial charge in [0.05, 0.1) is 6.04 Å². The predicted molar refractivity (Wildman–Crippen MR) is 77.0 cm³/mol. The summed E-state index contributed by atoms with van der Waals surface area (Å²) in [5.74, 6) is 0. The van der Waals surface area contributed by atoms with Crippen LogP contribution in [-0.2, 0) is 0 Å². The molecule has 1 aromatic carbocycles. The lowest BCUT2D eigenvalue weighted by Crippen LogP contribution is -2.04. The number of tetrazole rings is 1. The Bertz CT molecular complexity index is 594. The Morgan fingerprint density at radius 3 is 2.89 bits per heavy atom. The summed E-state index contributed by atoms with van der Waals surface area (Å²) >= 11 is 5.16. The van der Waals surface area contributed by atoms with Gasteiger partial charge in [0.1, 0.15) is 0 Å². The zero-order valence-electron chi connectivity index (χ0n) is 10.5. The molecule has 0 radical (unpaired) electrons. The van der Waals surface area contributed by atoms with Gasteiger partial charge in [-0.3, -0.25) is 0 Å². The van der Waals surface area contributed by atoms with Gasteiger partial charge < -0.3 is 5.73 Å². The van der Waals surface area contributed by atoms with Crippen LogP contribution >= 0.6 is 27.7 Å². The zero-order chi connectivity index (χ0) is 13.4. The summed E-state index contributed by atoms with van der Waals surface area (Å²) in [5, 5.41) is 12.7. The smallest absolute Gasteiger partial charge is 0.214 e. The number of halogens is 1. The number of nitrogens with two attached hydrogens (primary N) is 1. The van der Waals surface area contributed by atoms with Gasteiger partial charge in [0.2, 0.25) is 5.16 Å². The Kier molecular flexibility index (Phi) is 3.60. The van der Waals surface area contributed by atoms with Crippen LogP contribution in [0.1, 0.15) is 37.4 Å². The van der Waals surface area contributed by atoms with Gasteiger partial charge in [-0.25, -0.2) is 4.68 Å². The zero-order valence-corrected chi connectivity index (χ0v) is 12.9. The van der Waals surface area contributed by atoms with Crippen molar-refractivity contribution in [2.45, 2.75) is 41.9 Å². The summed E-state index contributed by atoms with van der Waals surface area (Å²) in [6.45, 7) is 1.97. The lowest BCUT2D eigenvalue weighted by molar-refractivity contribution is 0.565. The molecular formula is C12H14BrN5S. The van der Waals surface area contributed by atoms with Crippen LogP contribution in [0.4, 0.5) is 0 Å². The van der Waals surface area contributed by atoms with Gasteiger partial charge in [-0.15, -0.1) is 5.10 Å². The summed E-state index contributed by atoms with van der Waals surface area (Å²) in [4.78, 5) is 1.10. The molecule has 1 aliphatic rings. The molecule has 1 aliphatic carbocycles. The number of nitrogens with zero attached hydrogens (tertiary/aromatic N) is 4. The first-order valence-corrected chi connectivity index (χ1v) is 7.77. The van der Waals surface area contributed by atoms with E-state index in [2.05, 4.69) is 43.6 Å². The summed E-state index contributed by atoms with van der Waals surface area (Å²) in [6.07, 6.45) is 2.34. The molecule has 0 saturated heterocycles. The highest BCUT2D eigenvalue weighted by molar-refractivity contribution is 9.10. The van der Waals surface area contributed by atoms with Gasteiger partial charge in [-0.05, 0) is 75.6 Å². The SMILES string of the molecule is C[C@H](N)c1ccc(Sc2nnnn2C2CC2)c(Br)c1. The monoisotopic (exact) mass is 339 g/mol. The molecule has 1 heterocycles. The van der Waals surface area contributed by atoms with Crippen LogP contribution in [0.3, 0.4) is 0 Å². The van der Waals surface area contributed by atoms with Gasteiger partial charge in [0.15, 0.2) is 0 Å². The average Bonchev–Trinajstić information content (AvgIpc) is 3.12. The molecule has 1 aromatic heterocycles. The fourth-order valence-electron chi connectivity index (χ4n) is 1.78. The molecule has 1 atom stereocenters. The van der Waals surface area contributed by atoms with Crippen molar-refractivity contribution in [2.24, 2.45) is 5.73 Å². The van der Waals surface area contributed by atoms with E-state index < -0.39 is 0 Å². The quantitative estimate of drug-likeness (QED) is 0.927. The first-order chi connectivity index (χ1) is 9.15. The maximum atomic E-state index is 5.88. The van der Waals surface area contributed by atoms with Crippen LogP contribution in [0.15, 0.2) is 32.7 Å². The maximum Gasteiger partial charge on any atom is 0.214 e. The van der Waals surface area contributed by atoms with E-state index in [0.717, 1.165) is 20.1 Å². The van der Waals surface area contributed by atoms with Crippen molar-refractivity contribution in [3.05, 3.63) is 28.2 Å². The number of hydrogen-bond acceptors (Lipinski definition) is 5. The third-order valence-corrected chi connectivity index (χ3v) is 4.98. The van der Waals surface area contributed by atoms with Crippen LogP contribution in [0.25, 0.3) is 0 Å². The standard InChI is InChI=1S/C12H14BrN5S/c1-7(14)8-2-5-11(10(13)6-8)19-12-15-16-17-18(12)9-3-4-9/h2,5-7,9H,3-4,14H2,1H3/t7-/m0/s1. The van der Waals surface area contributed by atoms with Crippen molar-refractivity contribution in [1.29, 1.82) is 0 Å². The first kappa shape index (κ1) is 13.1. The van der Waals surface area contributed by atoms with E-state index >= 15 is 0 Å². The van der Waals surface area contributed by atoms with Crippen molar-refractivity contribution in [1.82, 2.24) is 20.2 Å². The largest absolute Gasteiger partial charge is 0.324 e. The van der Waals surface area contributed by atoms with Crippen LogP contribution < -0.4 is 5.73 Å². The Morgan fingerprint density at radius 2 is 2.26 bits per heavy atom. The molecule has 1 saturated carbocycles. The van der Waals surface area contributed by atoms with Gasteiger partial charge in [0.25, 0.3) is 0 Å². The molecule has 0 aliphatic heterocycles. The van der Waals surface area contributed by atoms with Gasteiger partial charge in [0, 0.05) is 15.4 Å². The lowest BCUT2D eigenvalue weighted by atomic mass is 10.1. The average molecular weight is 340 g/mol. The Morgan fingerprint density at radius 1 is 1.47 bits per heavy atom. The summed E-state index contributed by atoms with van der Waals surface area (Å²) in [7, 11) is 0. The van der Waals surface area contributed by atoms with E-state index in [-0.39, 0.29) is 6.04 Å². The number of aromatic nitrogens is 4. The summed E-state index contributed by atoms with van der Waals surface area (Å²) < 4.78 is 2.94. The van der Waals surface area contributed by atoms with Crippen LogP contribution in [0.5, 0.6) is 0 Å². The van der Waals surface area contributed by atoms with E-state index in [9.17, 15) is 0 Å². The molecule has 0 unspecified atom stereocenters. The maximum absolute atomic E-state index is 5.88. The Labute approximate surface area is 124 Å². The highest BCUT2D eigenvalue weighted by Gasteiger charge is 2.28. The van der Waals surface area contributed by atoms with E-state index in [0.29, 0.717) is 6.04 Å². The van der Waals surface area contributed by atoms with Crippen molar-refractivity contribution in [2.75, 3.05) is 0 Å². The molecule has 0 bridgehead atoms. The minimum Gasteiger partial charge on any atom is -0.324 e. The molecule has 100 valence electrons. The Balaban J connectivity index is 1.84. The summed E-state index contributed by atoms with van der Waals surface area (Å²) in [6, 6.07) is 6.67. The van der Waals surface area contributed by atoms with Crippen molar-refractivity contribution < 1.29 is 0 Å². The van der Waals surface area contributed by atoms with E-state index in [4.69, 9.17) is 5.73 Å².